The van der Waals surface area contributed by atoms with Crippen LogP contribution in [-0.4, -0.2) is 90.5 Å². The molecular formula is C22H32N4O3. The van der Waals surface area contributed by atoms with Gasteiger partial charge in [-0.25, -0.2) is 0 Å². The fraction of sp³-hybridized carbons (Fsp3) is 0.682. The van der Waals surface area contributed by atoms with Crippen LogP contribution in [0.25, 0.3) is 0 Å². The summed E-state index contributed by atoms with van der Waals surface area (Å²) in [6.07, 6.45) is 8.01. The summed E-state index contributed by atoms with van der Waals surface area (Å²) in [7, 11) is 4.04. The van der Waals surface area contributed by atoms with Crippen LogP contribution in [0.1, 0.15) is 42.5 Å². The number of hydrogen-bond donors (Lipinski definition) is 0. The first-order valence-corrected chi connectivity index (χ1v) is 10.8. The zero-order chi connectivity index (χ0) is 20.4. The van der Waals surface area contributed by atoms with Gasteiger partial charge in [-0.15, -0.1) is 0 Å². The molecule has 0 bridgehead atoms. The third kappa shape index (κ3) is 4.31. The topological polar surface area (TPSA) is 66.0 Å². The molecule has 3 fully saturated rings. The van der Waals surface area contributed by atoms with E-state index in [2.05, 4.69) is 14.8 Å². The lowest BCUT2D eigenvalue weighted by atomic mass is 9.75. The van der Waals surface area contributed by atoms with Gasteiger partial charge in [0.15, 0.2) is 0 Å². The van der Waals surface area contributed by atoms with Crippen molar-refractivity contribution in [3.63, 3.8) is 0 Å². The maximum atomic E-state index is 12.6. The number of likely N-dealkylation sites (N-methyl/N-ethyl adjacent to an activating group) is 1. The molecule has 1 atom stereocenters. The zero-order valence-electron chi connectivity index (χ0n) is 17.5. The molecule has 3 aliphatic heterocycles. The van der Waals surface area contributed by atoms with Crippen molar-refractivity contribution in [1.82, 2.24) is 19.7 Å². The molecule has 1 aromatic heterocycles. The summed E-state index contributed by atoms with van der Waals surface area (Å²) >= 11 is 0. The standard InChI is InChI=1S/C22H32N4O3/c1-24(2)16-19-15-22(21(28)29-19)7-13-25(14-8-22)18-5-11-26(12-6-18)20(27)17-3-9-23-10-4-17/h3-4,9-10,18-19H,5-8,11-16H2,1-2H3. The number of rotatable bonds is 4. The monoisotopic (exact) mass is 400 g/mol. The molecule has 0 N–H and O–H groups in total. The Labute approximate surface area is 173 Å². The highest BCUT2D eigenvalue weighted by Gasteiger charge is 2.50. The number of piperidine rings is 2. The van der Waals surface area contributed by atoms with Crippen LogP contribution in [0.3, 0.4) is 0 Å². The molecule has 1 amide bonds. The number of aromatic nitrogens is 1. The quantitative estimate of drug-likeness (QED) is 0.716. The summed E-state index contributed by atoms with van der Waals surface area (Å²) in [5, 5.41) is 0. The molecule has 29 heavy (non-hydrogen) atoms. The van der Waals surface area contributed by atoms with Crippen LogP contribution in [0.5, 0.6) is 0 Å². The summed E-state index contributed by atoms with van der Waals surface area (Å²) in [6, 6.07) is 4.06. The number of ether oxygens (including phenoxy) is 1. The number of esters is 1. The summed E-state index contributed by atoms with van der Waals surface area (Å²) in [5.74, 6) is 0.117. The van der Waals surface area contributed by atoms with Gasteiger partial charge < -0.3 is 19.4 Å². The van der Waals surface area contributed by atoms with Gasteiger partial charge in [0, 0.05) is 50.1 Å². The predicted octanol–water partition coefficient (Wildman–Crippen LogP) is 1.65. The van der Waals surface area contributed by atoms with Gasteiger partial charge >= 0.3 is 5.97 Å². The lowest BCUT2D eigenvalue weighted by Gasteiger charge is -2.43. The number of carbonyl (C=O) groups is 2. The fourth-order valence-electron chi connectivity index (χ4n) is 5.18. The number of amides is 1. The van der Waals surface area contributed by atoms with E-state index in [1.54, 1.807) is 24.5 Å². The highest BCUT2D eigenvalue weighted by Crippen LogP contribution is 2.44. The van der Waals surface area contributed by atoms with Gasteiger partial charge in [-0.1, -0.05) is 0 Å². The van der Waals surface area contributed by atoms with Gasteiger partial charge in [-0.2, -0.15) is 0 Å². The highest BCUT2D eigenvalue weighted by molar-refractivity contribution is 5.94. The Kier molecular flexibility index (Phi) is 5.88. The number of carbonyl (C=O) groups excluding carboxylic acids is 2. The van der Waals surface area contributed by atoms with Crippen molar-refractivity contribution in [3.05, 3.63) is 30.1 Å². The van der Waals surface area contributed by atoms with Crippen LogP contribution in [-0.2, 0) is 9.53 Å². The van der Waals surface area contributed by atoms with Gasteiger partial charge in [-0.3, -0.25) is 14.6 Å². The van der Waals surface area contributed by atoms with Gasteiger partial charge in [0.1, 0.15) is 6.10 Å². The number of likely N-dealkylation sites (tertiary alicyclic amines) is 2. The molecule has 1 unspecified atom stereocenters. The number of pyridine rings is 1. The second-order valence-electron chi connectivity index (χ2n) is 9.07. The maximum Gasteiger partial charge on any atom is 0.312 e. The largest absolute Gasteiger partial charge is 0.461 e. The number of cyclic esters (lactones) is 1. The second-order valence-corrected chi connectivity index (χ2v) is 9.07. The normalized spacial score (nSPS) is 25.6. The molecule has 3 aliphatic rings. The number of hydrogen-bond acceptors (Lipinski definition) is 6. The van der Waals surface area contributed by atoms with Crippen molar-refractivity contribution < 1.29 is 14.3 Å². The lowest BCUT2D eigenvalue weighted by Crippen LogP contribution is -2.51. The smallest absolute Gasteiger partial charge is 0.312 e. The maximum absolute atomic E-state index is 12.6. The molecule has 7 heteroatoms. The summed E-state index contributed by atoms with van der Waals surface area (Å²) in [5.41, 5.74) is 0.445. The van der Waals surface area contributed by atoms with E-state index in [0.717, 1.165) is 64.8 Å². The average Bonchev–Trinajstić information content (AvgIpc) is 3.02. The molecule has 158 valence electrons. The molecule has 1 spiro atoms. The van der Waals surface area contributed by atoms with Crippen LogP contribution in [0.15, 0.2) is 24.5 Å². The van der Waals surface area contributed by atoms with Gasteiger partial charge in [0.05, 0.1) is 5.41 Å². The molecule has 0 aromatic carbocycles. The van der Waals surface area contributed by atoms with Crippen molar-refractivity contribution in [2.45, 2.75) is 44.2 Å². The Morgan fingerprint density at radius 2 is 1.83 bits per heavy atom. The summed E-state index contributed by atoms with van der Waals surface area (Å²) < 4.78 is 5.68. The molecule has 0 saturated carbocycles. The van der Waals surface area contributed by atoms with E-state index >= 15 is 0 Å². The zero-order valence-corrected chi connectivity index (χ0v) is 17.5. The first-order chi connectivity index (χ1) is 14.0. The van der Waals surface area contributed by atoms with Crippen LogP contribution >= 0.6 is 0 Å². The van der Waals surface area contributed by atoms with Gasteiger partial charge in [0.2, 0.25) is 0 Å². The molecule has 0 radical (unpaired) electrons. The minimum Gasteiger partial charge on any atom is -0.461 e. The Morgan fingerprint density at radius 3 is 2.45 bits per heavy atom. The molecule has 1 aromatic rings. The van der Waals surface area contributed by atoms with Gasteiger partial charge in [-0.05, 0) is 65.0 Å². The van der Waals surface area contributed by atoms with Crippen molar-refractivity contribution in [1.29, 1.82) is 0 Å². The summed E-state index contributed by atoms with van der Waals surface area (Å²) in [4.78, 5) is 35.8. The Hall–Kier alpha value is -1.99. The predicted molar refractivity (Wildman–Crippen MR) is 109 cm³/mol. The van der Waals surface area contributed by atoms with Crippen LogP contribution in [0.4, 0.5) is 0 Å². The Bertz CT molecular complexity index is 723. The minimum atomic E-state index is -0.269. The summed E-state index contributed by atoms with van der Waals surface area (Å²) in [6.45, 7) is 4.29. The van der Waals surface area contributed by atoms with Crippen LogP contribution < -0.4 is 0 Å². The van der Waals surface area contributed by atoms with Crippen molar-refractivity contribution in [2.24, 2.45) is 5.41 Å². The van der Waals surface area contributed by atoms with Crippen molar-refractivity contribution >= 4 is 11.9 Å². The van der Waals surface area contributed by atoms with Crippen molar-refractivity contribution in [3.8, 4) is 0 Å². The lowest BCUT2D eigenvalue weighted by molar-refractivity contribution is -0.151. The first-order valence-electron chi connectivity index (χ1n) is 10.8. The first kappa shape index (κ1) is 20.3. The molecule has 7 nitrogen and oxygen atoms in total. The molecule has 4 rings (SSSR count). The fourth-order valence-corrected chi connectivity index (χ4v) is 5.18. The highest BCUT2D eigenvalue weighted by atomic mass is 16.6. The number of nitrogens with zero attached hydrogens (tertiary/aromatic N) is 4. The third-order valence-corrected chi connectivity index (χ3v) is 6.84. The van der Waals surface area contributed by atoms with Crippen molar-refractivity contribution in [2.75, 3.05) is 46.8 Å². The van der Waals surface area contributed by atoms with E-state index in [-0.39, 0.29) is 23.4 Å². The molecular weight excluding hydrogens is 368 g/mol. The Morgan fingerprint density at radius 1 is 1.17 bits per heavy atom. The molecule has 0 aliphatic carbocycles. The average molecular weight is 401 g/mol. The van der Waals surface area contributed by atoms with Gasteiger partial charge in [0.25, 0.3) is 5.91 Å². The minimum absolute atomic E-state index is 0.0155. The van der Waals surface area contributed by atoms with E-state index in [1.807, 2.05) is 19.0 Å². The van der Waals surface area contributed by atoms with E-state index in [9.17, 15) is 9.59 Å². The van der Waals surface area contributed by atoms with E-state index in [1.165, 1.54) is 0 Å². The third-order valence-electron chi connectivity index (χ3n) is 6.84. The van der Waals surface area contributed by atoms with E-state index in [0.29, 0.717) is 11.6 Å². The van der Waals surface area contributed by atoms with Crippen LogP contribution in [0, 0.1) is 5.41 Å². The molecule has 4 heterocycles. The van der Waals surface area contributed by atoms with E-state index < -0.39 is 0 Å². The SMILES string of the molecule is CN(C)CC1CC2(CCN(C3CCN(C(=O)c4ccncc4)CC3)CC2)C(=O)O1. The van der Waals surface area contributed by atoms with E-state index in [4.69, 9.17) is 4.74 Å². The van der Waals surface area contributed by atoms with Crippen LogP contribution in [0.2, 0.25) is 0 Å². The molecule has 3 saturated heterocycles. The Balaban J connectivity index is 1.27. The second kappa shape index (κ2) is 8.40.